The van der Waals surface area contributed by atoms with E-state index in [4.69, 9.17) is 9.47 Å². The second-order valence-electron chi connectivity index (χ2n) is 7.36. The molecule has 134 valence electrons. The van der Waals surface area contributed by atoms with Gasteiger partial charge in [0, 0.05) is 13.0 Å². The summed E-state index contributed by atoms with van der Waals surface area (Å²) in [6.07, 6.45) is -3.05. The van der Waals surface area contributed by atoms with Gasteiger partial charge in [-0.25, -0.2) is 0 Å². The maximum atomic E-state index is 10.5. The average molecular weight is 332 g/mol. The fraction of sp³-hybridized carbons (Fsp3) is 1.00. The fourth-order valence-corrected chi connectivity index (χ4v) is 4.60. The Hall–Kier alpha value is -0.280. The molecule has 0 aromatic rings. The standard InChI is InChI=1S/C16H28O7/c1-22-13-4-8(17)5-14-9(13)6-12(20)16(23-14)7-2-10(18)15(21)11(19)3-7/h7-21H,2-6H2,1H3. The van der Waals surface area contributed by atoms with Crippen LogP contribution < -0.4 is 0 Å². The van der Waals surface area contributed by atoms with Crippen molar-refractivity contribution in [3.63, 3.8) is 0 Å². The van der Waals surface area contributed by atoms with Crippen molar-refractivity contribution in [3.05, 3.63) is 0 Å². The third-order valence-electron chi connectivity index (χ3n) is 5.83. The van der Waals surface area contributed by atoms with Crippen molar-refractivity contribution in [2.45, 2.75) is 80.9 Å². The lowest BCUT2D eigenvalue weighted by molar-refractivity contribution is -0.224. The van der Waals surface area contributed by atoms with E-state index in [1.165, 1.54) is 0 Å². The van der Waals surface area contributed by atoms with Crippen LogP contribution in [0.1, 0.15) is 32.1 Å². The lowest BCUT2D eigenvalue weighted by atomic mass is 9.72. The van der Waals surface area contributed by atoms with E-state index in [2.05, 4.69) is 0 Å². The Labute approximate surface area is 135 Å². The second-order valence-corrected chi connectivity index (χ2v) is 7.36. The first-order chi connectivity index (χ1) is 10.9. The Bertz CT molecular complexity index is 394. The highest BCUT2D eigenvalue weighted by atomic mass is 16.5. The molecule has 3 aliphatic rings. The molecule has 3 fully saturated rings. The van der Waals surface area contributed by atoms with Crippen molar-refractivity contribution in [2.75, 3.05) is 7.11 Å². The first-order valence-electron chi connectivity index (χ1n) is 8.49. The van der Waals surface area contributed by atoms with Gasteiger partial charge in [0.25, 0.3) is 0 Å². The lowest BCUT2D eigenvalue weighted by Gasteiger charge is -2.49. The van der Waals surface area contributed by atoms with Crippen LogP contribution in [0.25, 0.3) is 0 Å². The molecule has 8 atom stereocenters. The van der Waals surface area contributed by atoms with Crippen molar-refractivity contribution in [1.82, 2.24) is 0 Å². The van der Waals surface area contributed by atoms with Gasteiger partial charge < -0.3 is 35.0 Å². The number of ether oxygens (including phenoxy) is 2. The number of methoxy groups -OCH3 is 1. The highest BCUT2D eigenvalue weighted by Crippen LogP contribution is 2.42. The zero-order valence-electron chi connectivity index (χ0n) is 13.4. The molecule has 0 bridgehead atoms. The molecule has 23 heavy (non-hydrogen) atoms. The van der Waals surface area contributed by atoms with Gasteiger partial charge in [-0.3, -0.25) is 0 Å². The summed E-state index contributed by atoms with van der Waals surface area (Å²) in [5.74, 6) is -0.182. The molecule has 2 aliphatic carbocycles. The van der Waals surface area contributed by atoms with Gasteiger partial charge in [-0.1, -0.05) is 0 Å². The molecule has 1 aliphatic heterocycles. The third kappa shape index (κ3) is 3.42. The maximum absolute atomic E-state index is 10.5. The monoisotopic (exact) mass is 332 g/mol. The van der Waals surface area contributed by atoms with Crippen LogP contribution in [0.5, 0.6) is 0 Å². The molecule has 1 saturated heterocycles. The van der Waals surface area contributed by atoms with Crippen molar-refractivity contribution in [1.29, 1.82) is 0 Å². The summed E-state index contributed by atoms with van der Waals surface area (Å²) in [5, 5.41) is 49.9. The summed E-state index contributed by atoms with van der Waals surface area (Å²) in [4.78, 5) is 0. The van der Waals surface area contributed by atoms with E-state index < -0.39 is 36.6 Å². The molecule has 7 nitrogen and oxygen atoms in total. The van der Waals surface area contributed by atoms with E-state index >= 15 is 0 Å². The zero-order valence-corrected chi connectivity index (χ0v) is 13.4. The van der Waals surface area contributed by atoms with Gasteiger partial charge in [0.2, 0.25) is 0 Å². The number of aliphatic hydroxyl groups excluding tert-OH is 5. The Morgan fingerprint density at radius 3 is 2.09 bits per heavy atom. The summed E-state index contributed by atoms with van der Waals surface area (Å²) >= 11 is 0. The number of aliphatic hydroxyl groups is 5. The second kappa shape index (κ2) is 6.92. The highest BCUT2D eigenvalue weighted by Gasteiger charge is 2.49. The molecular weight excluding hydrogens is 304 g/mol. The first-order valence-corrected chi connectivity index (χ1v) is 8.49. The predicted molar refractivity (Wildman–Crippen MR) is 79.6 cm³/mol. The smallest absolute Gasteiger partial charge is 0.106 e. The predicted octanol–water partition coefficient (Wildman–Crippen LogP) is -1.22. The van der Waals surface area contributed by atoms with Gasteiger partial charge >= 0.3 is 0 Å². The van der Waals surface area contributed by atoms with Crippen LogP contribution in [0.3, 0.4) is 0 Å². The molecular formula is C16H28O7. The van der Waals surface area contributed by atoms with Gasteiger partial charge in [0.1, 0.15) is 6.10 Å². The highest BCUT2D eigenvalue weighted by molar-refractivity contribution is 4.98. The Morgan fingerprint density at radius 2 is 1.48 bits per heavy atom. The summed E-state index contributed by atoms with van der Waals surface area (Å²) in [6, 6.07) is 0. The van der Waals surface area contributed by atoms with Crippen LogP contribution in [0.15, 0.2) is 0 Å². The molecule has 0 aromatic heterocycles. The quantitative estimate of drug-likeness (QED) is 0.430. The zero-order chi connectivity index (χ0) is 16.7. The van der Waals surface area contributed by atoms with Crippen LogP contribution in [0.4, 0.5) is 0 Å². The minimum Gasteiger partial charge on any atom is -0.393 e. The number of fused-ring (bicyclic) bond motifs is 1. The van der Waals surface area contributed by atoms with Crippen LogP contribution in [0, 0.1) is 11.8 Å². The number of hydrogen-bond acceptors (Lipinski definition) is 7. The molecule has 1 heterocycles. The van der Waals surface area contributed by atoms with Gasteiger partial charge in [-0.2, -0.15) is 0 Å². The van der Waals surface area contributed by atoms with Gasteiger partial charge in [-0.05, 0) is 38.0 Å². The molecule has 7 heteroatoms. The minimum atomic E-state index is -1.14. The largest absolute Gasteiger partial charge is 0.393 e. The third-order valence-corrected chi connectivity index (χ3v) is 5.83. The normalized spacial score (nSPS) is 54.5. The van der Waals surface area contributed by atoms with E-state index in [0.717, 1.165) is 0 Å². The SMILES string of the molecule is COC1CC(O)CC2OC(C3CC(O)C(O)C(O)C3)C(O)CC12. The number of rotatable bonds is 2. The first kappa shape index (κ1) is 17.5. The number of hydrogen-bond donors (Lipinski definition) is 5. The lowest BCUT2D eigenvalue weighted by Crippen LogP contribution is -2.57. The average Bonchev–Trinajstić information content (AvgIpc) is 2.51. The Morgan fingerprint density at radius 1 is 0.826 bits per heavy atom. The van der Waals surface area contributed by atoms with Crippen LogP contribution in [-0.2, 0) is 9.47 Å². The van der Waals surface area contributed by atoms with E-state index in [1.54, 1.807) is 7.11 Å². The molecule has 0 spiro atoms. The topological polar surface area (TPSA) is 120 Å². The Kier molecular flexibility index (Phi) is 5.27. The van der Waals surface area contributed by atoms with Crippen LogP contribution in [0.2, 0.25) is 0 Å². The molecule has 2 saturated carbocycles. The van der Waals surface area contributed by atoms with Crippen molar-refractivity contribution in [2.24, 2.45) is 11.8 Å². The van der Waals surface area contributed by atoms with Crippen molar-refractivity contribution in [3.8, 4) is 0 Å². The molecule has 0 radical (unpaired) electrons. The molecule has 5 N–H and O–H groups in total. The summed E-state index contributed by atoms with van der Waals surface area (Å²) < 4.78 is 11.5. The summed E-state index contributed by atoms with van der Waals surface area (Å²) in [6.45, 7) is 0. The van der Waals surface area contributed by atoms with E-state index in [0.29, 0.717) is 19.3 Å². The molecule has 0 aromatic carbocycles. The Balaban J connectivity index is 1.70. The molecule has 3 rings (SSSR count). The van der Waals surface area contributed by atoms with E-state index in [9.17, 15) is 25.5 Å². The fourth-order valence-electron chi connectivity index (χ4n) is 4.60. The van der Waals surface area contributed by atoms with Gasteiger partial charge in [-0.15, -0.1) is 0 Å². The summed E-state index contributed by atoms with van der Waals surface area (Å²) in [5.41, 5.74) is 0. The van der Waals surface area contributed by atoms with Crippen molar-refractivity contribution >= 4 is 0 Å². The molecule has 8 unspecified atom stereocenters. The molecule has 0 amide bonds. The van der Waals surface area contributed by atoms with Crippen molar-refractivity contribution < 1.29 is 35.0 Å². The summed E-state index contributed by atoms with van der Waals surface area (Å²) in [7, 11) is 1.60. The van der Waals surface area contributed by atoms with E-state index in [1.807, 2.05) is 0 Å². The van der Waals surface area contributed by atoms with Crippen LogP contribution >= 0.6 is 0 Å². The van der Waals surface area contributed by atoms with Crippen LogP contribution in [-0.4, -0.2) is 81.5 Å². The van der Waals surface area contributed by atoms with Gasteiger partial charge in [0.05, 0.1) is 42.7 Å². The van der Waals surface area contributed by atoms with E-state index in [-0.39, 0.29) is 36.9 Å². The maximum Gasteiger partial charge on any atom is 0.106 e. The minimum absolute atomic E-state index is 0.0404. The van der Waals surface area contributed by atoms with Gasteiger partial charge in [0.15, 0.2) is 0 Å².